The second-order valence-electron chi connectivity index (χ2n) is 7.07. The second kappa shape index (κ2) is 7.78. The van der Waals surface area contributed by atoms with Crippen molar-refractivity contribution in [3.8, 4) is 0 Å². The molecule has 0 amide bonds. The topological polar surface area (TPSA) is 30.3 Å². The van der Waals surface area contributed by atoms with Gasteiger partial charge in [0.2, 0.25) is 0 Å². The maximum absolute atomic E-state index is 6.04. The third-order valence-corrected chi connectivity index (χ3v) is 5.38. The van der Waals surface area contributed by atoms with Crippen molar-refractivity contribution in [2.24, 2.45) is 5.92 Å². The van der Waals surface area contributed by atoms with E-state index >= 15 is 0 Å². The third-order valence-electron chi connectivity index (χ3n) is 5.12. The minimum atomic E-state index is 0.633. The summed E-state index contributed by atoms with van der Waals surface area (Å²) in [5, 5.41) is 0.769. The molecule has 1 unspecified atom stereocenters. The number of para-hydroxylation sites is 2. The van der Waals surface area contributed by atoms with E-state index in [1.54, 1.807) is 7.11 Å². The Morgan fingerprint density at radius 2 is 1.92 bits per heavy atom. The smallest absolute Gasteiger partial charge is 0.124 e. The van der Waals surface area contributed by atoms with Crippen molar-refractivity contribution < 1.29 is 4.74 Å². The molecule has 1 saturated heterocycles. The van der Waals surface area contributed by atoms with Gasteiger partial charge in [-0.05, 0) is 48.7 Å². The summed E-state index contributed by atoms with van der Waals surface area (Å²) in [6.45, 7) is 4.72. The fraction of sp³-hybridized carbons (Fsp3) is 0.381. The maximum atomic E-state index is 6.04. The Balaban J connectivity index is 1.60. The third kappa shape index (κ3) is 3.78. The number of likely N-dealkylation sites (tertiary alicyclic amines) is 1. The zero-order valence-corrected chi connectivity index (χ0v) is 15.8. The van der Waals surface area contributed by atoms with Gasteiger partial charge < -0.3 is 9.30 Å². The van der Waals surface area contributed by atoms with Gasteiger partial charge in [0.1, 0.15) is 5.82 Å². The lowest BCUT2D eigenvalue weighted by atomic mass is 10.1. The van der Waals surface area contributed by atoms with E-state index in [0.29, 0.717) is 5.92 Å². The molecule has 1 aliphatic heterocycles. The van der Waals surface area contributed by atoms with Gasteiger partial charge >= 0.3 is 0 Å². The molecule has 3 aromatic rings. The molecule has 2 aromatic carbocycles. The predicted molar refractivity (Wildman–Crippen MR) is 106 cm³/mol. The number of imidazole rings is 1. The van der Waals surface area contributed by atoms with Crippen molar-refractivity contribution in [2.45, 2.75) is 19.5 Å². The van der Waals surface area contributed by atoms with Gasteiger partial charge in [-0.25, -0.2) is 4.98 Å². The minimum Gasteiger partial charge on any atom is -0.384 e. The molecule has 1 aromatic heterocycles. The summed E-state index contributed by atoms with van der Waals surface area (Å²) in [7, 11) is 1.79. The normalized spacial score (nSPS) is 18.0. The quantitative estimate of drug-likeness (QED) is 0.652. The molecule has 0 saturated carbocycles. The van der Waals surface area contributed by atoms with Crippen LogP contribution in [-0.2, 0) is 17.8 Å². The Morgan fingerprint density at radius 1 is 1.12 bits per heavy atom. The number of methoxy groups -OCH3 is 1. The van der Waals surface area contributed by atoms with Crippen LogP contribution in [0.5, 0.6) is 0 Å². The van der Waals surface area contributed by atoms with Gasteiger partial charge in [-0.1, -0.05) is 35.9 Å². The van der Waals surface area contributed by atoms with E-state index in [2.05, 4.69) is 45.9 Å². The summed E-state index contributed by atoms with van der Waals surface area (Å²) < 4.78 is 7.66. The van der Waals surface area contributed by atoms with E-state index in [9.17, 15) is 0 Å². The molecular formula is C21H24ClN3O. The molecule has 5 heteroatoms. The fourth-order valence-electron chi connectivity index (χ4n) is 3.82. The predicted octanol–water partition coefficient (Wildman–Crippen LogP) is 4.21. The summed E-state index contributed by atoms with van der Waals surface area (Å²) in [6.07, 6.45) is 1.20. The summed E-state index contributed by atoms with van der Waals surface area (Å²) >= 11 is 6.04. The second-order valence-corrected chi connectivity index (χ2v) is 7.51. The summed E-state index contributed by atoms with van der Waals surface area (Å²) in [5.41, 5.74) is 3.48. The van der Waals surface area contributed by atoms with Crippen molar-refractivity contribution in [1.82, 2.24) is 14.5 Å². The summed E-state index contributed by atoms with van der Waals surface area (Å²) in [4.78, 5) is 7.41. The fourth-order valence-corrected chi connectivity index (χ4v) is 3.95. The van der Waals surface area contributed by atoms with Crippen LogP contribution in [0.1, 0.15) is 17.8 Å². The molecule has 26 heavy (non-hydrogen) atoms. The van der Waals surface area contributed by atoms with Gasteiger partial charge in [0.25, 0.3) is 0 Å². The molecule has 1 aliphatic rings. The van der Waals surface area contributed by atoms with E-state index in [1.165, 1.54) is 17.5 Å². The lowest BCUT2D eigenvalue weighted by Gasteiger charge is -2.17. The number of aromatic nitrogens is 2. The number of fused-ring (bicyclic) bond motifs is 1. The van der Waals surface area contributed by atoms with E-state index in [0.717, 1.165) is 49.1 Å². The average Bonchev–Trinajstić information content (AvgIpc) is 3.22. The van der Waals surface area contributed by atoms with Crippen molar-refractivity contribution in [3.05, 3.63) is 64.9 Å². The highest BCUT2D eigenvalue weighted by Crippen LogP contribution is 2.23. The lowest BCUT2D eigenvalue weighted by Crippen LogP contribution is -2.23. The first-order valence-corrected chi connectivity index (χ1v) is 9.50. The van der Waals surface area contributed by atoms with Crippen molar-refractivity contribution in [3.63, 3.8) is 0 Å². The lowest BCUT2D eigenvalue weighted by molar-refractivity contribution is 0.152. The zero-order chi connectivity index (χ0) is 17.9. The monoisotopic (exact) mass is 369 g/mol. The Morgan fingerprint density at radius 3 is 2.73 bits per heavy atom. The van der Waals surface area contributed by atoms with Crippen LogP contribution in [0.2, 0.25) is 5.02 Å². The van der Waals surface area contributed by atoms with Gasteiger partial charge in [0, 0.05) is 25.2 Å². The number of ether oxygens (including phenoxy) is 1. The van der Waals surface area contributed by atoms with Crippen molar-refractivity contribution in [2.75, 3.05) is 26.8 Å². The number of halogens is 1. The van der Waals surface area contributed by atoms with Gasteiger partial charge in [0.05, 0.1) is 24.2 Å². The first-order valence-electron chi connectivity index (χ1n) is 9.13. The van der Waals surface area contributed by atoms with Crippen LogP contribution in [0, 0.1) is 5.92 Å². The largest absolute Gasteiger partial charge is 0.384 e. The molecule has 0 aliphatic carbocycles. The van der Waals surface area contributed by atoms with Crippen LogP contribution in [-0.4, -0.2) is 41.3 Å². The highest BCUT2D eigenvalue weighted by atomic mass is 35.5. The number of hydrogen-bond donors (Lipinski definition) is 0. The number of nitrogens with zero attached hydrogens (tertiary/aromatic N) is 3. The van der Waals surface area contributed by atoms with Crippen LogP contribution in [0.3, 0.4) is 0 Å². The molecule has 0 N–H and O–H groups in total. The van der Waals surface area contributed by atoms with Gasteiger partial charge in [0.15, 0.2) is 0 Å². The highest BCUT2D eigenvalue weighted by Gasteiger charge is 2.24. The van der Waals surface area contributed by atoms with Gasteiger partial charge in [-0.3, -0.25) is 4.90 Å². The first-order chi connectivity index (χ1) is 12.7. The highest BCUT2D eigenvalue weighted by molar-refractivity contribution is 6.30. The van der Waals surface area contributed by atoms with Crippen LogP contribution < -0.4 is 0 Å². The molecule has 2 heterocycles. The SMILES string of the molecule is COCC1CCN(Cc2nc3ccccc3n2Cc2ccc(Cl)cc2)C1. The molecule has 0 radical (unpaired) electrons. The summed E-state index contributed by atoms with van der Waals surface area (Å²) in [5.74, 6) is 1.76. The van der Waals surface area contributed by atoms with Crippen molar-refractivity contribution in [1.29, 1.82) is 0 Å². The van der Waals surface area contributed by atoms with Crippen molar-refractivity contribution >= 4 is 22.6 Å². The zero-order valence-electron chi connectivity index (χ0n) is 15.1. The maximum Gasteiger partial charge on any atom is 0.124 e. The van der Waals surface area contributed by atoms with Gasteiger partial charge in [-0.2, -0.15) is 0 Å². The molecule has 136 valence electrons. The van der Waals surface area contributed by atoms with E-state index in [4.69, 9.17) is 21.3 Å². The van der Waals surface area contributed by atoms with Crippen LogP contribution >= 0.6 is 11.6 Å². The Labute approximate surface area is 159 Å². The molecule has 1 fully saturated rings. The molecule has 4 nitrogen and oxygen atoms in total. The molecule has 4 rings (SSSR count). The number of rotatable bonds is 6. The van der Waals surface area contributed by atoms with E-state index in [1.807, 2.05) is 12.1 Å². The Bertz CT molecular complexity index is 875. The molecule has 1 atom stereocenters. The van der Waals surface area contributed by atoms with Gasteiger partial charge in [-0.15, -0.1) is 0 Å². The molecule has 0 spiro atoms. The average molecular weight is 370 g/mol. The Kier molecular flexibility index (Phi) is 5.25. The molecule has 0 bridgehead atoms. The van der Waals surface area contributed by atoms with E-state index < -0.39 is 0 Å². The minimum absolute atomic E-state index is 0.633. The number of hydrogen-bond acceptors (Lipinski definition) is 3. The van der Waals surface area contributed by atoms with Crippen LogP contribution in [0.15, 0.2) is 48.5 Å². The number of benzene rings is 2. The first kappa shape index (κ1) is 17.5. The molecular weight excluding hydrogens is 346 g/mol. The standard InChI is InChI=1S/C21H24ClN3O/c1-26-15-17-10-11-24(12-17)14-21-23-19-4-2-3-5-20(19)25(21)13-16-6-8-18(22)9-7-16/h2-9,17H,10-15H2,1H3. The van der Waals surface area contributed by atoms with Crippen LogP contribution in [0.4, 0.5) is 0 Å². The Hall–Kier alpha value is -1.88. The van der Waals surface area contributed by atoms with E-state index in [-0.39, 0.29) is 0 Å². The summed E-state index contributed by atoms with van der Waals surface area (Å²) in [6, 6.07) is 16.5. The van der Waals surface area contributed by atoms with Crippen LogP contribution in [0.25, 0.3) is 11.0 Å².